The Bertz CT molecular complexity index is 478. The van der Waals surface area contributed by atoms with Crippen molar-refractivity contribution in [1.29, 1.82) is 0 Å². The first-order valence-corrected chi connectivity index (χ1v) is 7.13. The maximum Gasteiger partial charge on any atom is 0.407 e. The minimum Gasteiger partial charge on any atom is -0.445 e. The van der Waals surface area contributed by atoms with E-state index in [0.717, 1.165) is 12.0 Å². The minimum absolute atomic E-state index is 0.0197. The molecule has 6 nitrogen and oxygen atoms in total. The number of nitrogens with zero attached hydrogens (tertiary/aromatic N) is 1. The van der Waals surface area contributed by atoms with Crippen LogP contribution >= 0.6 is 0 Å². The van der Waals surface area contributed by atoms with Crippen LogP contribution in [0.5, 0.6) is 0 Å². The Morgan fingerprint density at radius 2 is 2.10 bits per heavy atom. The van der Waals surface area contributed by atoms with Gasteiger partial charge >= 0.3 is 6.09 Å². The summed E-state index contributed by atoms with van der Waals surface area (Å²) in [5, 5.41) is 2.58. The van der Waals surface area contributed by atoms with Gasteiger partial charge < -0.3 is 20.7 Å². The number of amides is 2. The van der Waals surface area contributed by atoms with E-state index in [0.29, 0.717) is 13.1 Å². The van der Waals surface area contributed by atoms with E-state index >= 15 is 0 Å². The molecule has 1 saturated heterocycles. The second-order valence-electron chi connectivity index (χ2n) is 5.13. The molecule has 1 aliphatic rings. The number of carbonyl (C=O) groups is 2. The summed E-state index contributed by atoms with van der Waals surface area (Å²) in [5.41, 5.74) is 6.68. The van der Waals surface area contributed by atoms with Crippen molar-refractivity contribution in [3.05, 3.63) is 35.9 Å². The van der Waals surface area contributed by atoms with Gasteiger partial charge in [-0.25, -0.2) is 4.79 Å². The molecular weight excluding hydrogens is 270 g/mol. The van der Waals surface area contributed by atoms with E-state index in [1.54, 1.807) is 4.90 Å². The van der Waals surface area contributed by atoms with E-state index in [-0.39, 0.29) is 31.5 Å². The standard InChI is InChI=1S/C15H21N3O3/c16-13-7-9-18(10-13)14(19)6-8-17-15(20)21-11-12-4-2-1-3-5-12/h1-5,13H,6-11,16H2,(H,17,20)/t13-/m1/s1. The van der Waals surface area contributed by atoms with Crippen LogP contribution in [0.25, 0.3) is 0 Å². The lowest BCUT2D eigenvalue weighted by Gasteiger charge is -2.15. The van der Waals surface area contributed by atoms with E-state index in [4.69, 9.17) is 10.5 Å². The zero-order chi connectivity index (χ0) is 15.1. The van der Waals surface area contributed by atoms with Crippen molar-refractivity contribution in [1.82, 2.24) is 10.2 Å². The van der Waals surface area contributed by atoms with E-state index in [1.807, 2.05) is 30.3 Å². The molecule has 114 valence electrons. The summed E-state index contributed by atoms with van der Waals surface area (Å²) < 4.78 is 5.06. The van der Waals surface area contributed by atoms with Gasteiger partial charge in [-0.05, 0) is 12.0 Å². The third-order valence-corrected chi connectivity index (χ3v) is 3.40. The van der Waals surface area contributed by atoms with Crippen molar-refractivity contribution in [3.63, 3.8) is 0 Å². The summed E-state index contributed by atoms with van der Waals surface area (Å²) in [7, 11) is 0. The topological polar surface area (TPSA) is 84.7 Å². The number of ether oxygens (including phenoxy) is 1. The smallest absolute Gasteiger partial charge is 0.407 e. The minimum atomic E-state index is -0.509. The second kappa shape index (κ2) is 7.64. The molecule has 0 saturated carbocycles. The van der Waals surface area contributed by atoms with Gasteiger partial charge in [0.2, 0.25) is 5.91 Å². The molecule has 0 radical (unpaired) electrons. The molecular formula is C15H21N3O3. The van der Waals surface area contributed by atoms with Gasteiger partial charge in [-0.2, -0.15) is 0 Å². The SMILES string of the molecule is N[C@@H]1CCN(C(=O)CCNC(=O)OCc2ccccc2)C1. The van der Waals surface area contributed by atoms with Crippen molar-refractivity contribution < 1.29 is 14.3 Å². The summed E-state index contributed by atoms with van der Waals surface area (Å²) in [4.78, 5) is 25.1. The van der Waals surface area contributed by atoms with Gasteiger partial charge in [0.25, 0.3) is 0 Å². The third-order valence-electron chi connectivity index (χ3n) is 3.40. The maximum absolute atomic E-state index is 11.8. The lowest BCUT2D eigenvalue weighted by molar-refractivity contribution is -0.130. The van der Waals surface area contributed by atoms with Crippen molar-refractivity contribution in [2.45, 2.75) is 25.5 Å². The molecule has 1 aromatic rings. The Balaban J connectivity index is 1.60. The number of alkyl carbamates (subject to hydrolysis) is 1. The highest BCUT2D eigenvalue weighted by Crippen LogP contribution is 2.08. The van der Waals surface area contributed by atoms with Crippen molar-refractivity contribution in [2.75, 3.05) is 19.6 Å². The Morgan fingerprint density at radius 1 is 1.33 bits per heavy atom. The summed E-state index contributed by atoms with van der Waals surface area (Å²) in [6.45, 7) is 1.82. The summed E-state index contributed by atoms with van der Waals surface area (Å²) >= 11 is 0. The molecule has 2 rings (SSSR count). The normalized spacial score (nSPS) is 17.6. The molecule has 1 atom stereocenters. The number of nitrogens with two attached hydrogens (primary N) is 1. The van der Waals surface area contributed by atoms with Crippen LogP contribution in [-0.2, 0) is 16.1 Å². The highest BCUT2D eigenvalue weighted by Gasteiger charge is 2.23. The zero-order valence-corrected chi connectivity index (χ0v) is 12.0. The molecule has 6 heteroatoms. The van der Waals surface area contributed by atoms with Gasteiger partial charge in [-0.3, -0.25) is 4.79 Å². The van der Waals surface area contributed by atoms with E-state index < -0.39 is 6.09 Å². The quantitative estimate of drug-likeness (QED) is 0.842. The Labute approximate surface area is 124 Å². The first kappa shape index (κ1) is 15.3. The summed E-state index contributed by atoms with van der Waals surface area (Å²) in [5.74, 6) is 0.0197. The van der Waals surface area contributed by atoms with Gasteiger partial charge in [-0.1, -0.05) is 30.3 Å². The van der Waals surface area contributed by atoms with Crippen LogP contribution in [0.15, 0.2) is 30.3 Å². The molecule has 21 heavy (non-hydrogen) atoms. The molecule has 1 aromatic carbocycles. The van der Waals surface area contributed by atoms with Crippen LogP contribution in [0.1, 0.15) is 18.4 Å². The van der Waals surface area contributed by atoms with Crippen LogP contribution in [0.4, 0.5) is 4.79 Å². The fraction of sp³-hybridized carbons (Fsp3) is 0.467. The molecule has 0 aromatic heterocycles. The van der Waals surface area contributed by atoms with Crippen molar-refractivity contribution >= 4 is 12.0 Å². The molecule has 2 amide bonds. The monoisotopic (exact) mass is 291 g/mol. The molecule has 1 aliphatic heterocycles. The summed E-state index contributed by atoms with van der Waals surface area (Å²) in [6, 6.07) is 9.52. The zero-order valence-electron chi connectivity index (χ0n) is 12.0. The second-order valence-corrected chi connectivity index (χ2v) is 5.13. The van der Waals surface area contributed by atoms with Gasteiger partial charge in [-0.15, -0.1) is 0 Å². The van der Waals surface area contributed by atoms with Crippen molar-refractivity contribution in [2.24, 2.45) is 5.73 Å². The van der Waals surface area contributed by atoms with Crippen LogP contribution in [0, 0.1) is 0 Å². The molecule has 1 fully saturated rings. The first-order chi connectivity index (χ1) is 10.1. The van der Waals surface area contributed by atoms with E-state index in [1.165, 1.54) is 0 Å². The molecule has 0 bridgehead atoms. The number of likely N-dealkylation sites (tertiary alicyclic amines) is 1. The van der Waals surface area contributed by atoms with Gasteiger partial charge in [0, 0.05) is 32.1 Å². The number of carbonyl (C=O) groups excluding carboxylic acids is 2. The van der Waals surface area contributed by atoms with Crippen LogP contribution < -0.4 is 11.1 Å². The average Bonchev–Trinajstić information content (AvgIpc) is 2.93. The lowest BCUT2D eigenvalue weighted by atomic mass is 10.2. The lowest BCUT2D eigenvalue weighted by Crippen LogP contribution is -2.35. The Morgan fingerprint density at radius 3 is 2.76 bits per heavy atom. The van der Waals surface area contributed by atoms with Crippen LogP contribution in [-0.4, -0.2) is 42.6 Å². The number of hydrogen-bond donors (Lipinski definition) is 2. The Kier molecular flexibility index (Phi) is 5.57. The van der Waals surface area contributed by atoms with Gasteiger partial charge in [0.15, 0.2) is 0 Å². The maximum atomic E-state index is 11.8. The largest absolute Gasteiger partial charge is 0.445 e. The molecule has 3 N–H and O–H groups in total. The first-order valence-electron chi connectivity index (χ1n) is 7.13. The van der Waals surface area contributed by atoms with E-state index in [2.05, 4.69) is 5.32 Å². The van der Waals surface area contributed by atoms with Crippen LogP contribution in [0.2, 0.25) is 0 Å². The highest BCUT2D eigenvalue weighted by atomic mass is 16.5. The molecule has 0 unspecified atom stereocenters. The molecule has 1 heterocycles. The molecule has 0 aliphatic carbocycles. The van der Waals surface area contributed by atoms with Gasteiger partial charge in [0.1, 0.15) is 6.61 Å². The molecule has 0 spiro atoms. The third kappa shape index (κ3) is 5.07. The predicted octanol–water partition coefficient (Wildman–Crippen LogP) is 0.862. The number of hydrogen-bond acceptors (Lipinski definition) is 4. The fourth-order valence-corrected chi connectivity index (χ4v) is 2.22. The average molecular weight is 291 g/mol. The number of benzene rings is 1. The Hall–Kier alpha value is -2.08. The van der Waals surface area contributed by atoms with Crippen molar-refractivity contribution in [3.8, 4) is 0 Å². The van der Waals surface area contributed by atoms with Gasteiger partial charge in [0.05, 0.1) is 0 Å². The fourth-order valence-electron chi connectivity index (χ4n) is 2.22. The summed E-state index contributed by atoms with van der Waals surface area (Å²) in [6.07, 6.45) is 0.607. The van der Waals surface area contributed by atoms with E-state index in [9.17, 15) is 9.59 Å². The number of nitrogens with one attached hydrogen (secondary N) is 1. The predicted molar refractivity (Wildman–Crippen MR) is 78.4 cm³/mol. The number of rotatable bonds is 5. The highest BCUT2D eigenvalue weighted by molar-refractivity contribution is 5.77. The van der Waals surface area contributed by atoms with Crippen LogP contribution in [0.3, 0.4) is 0 Å².